The van der Waals surface area contributed by atoms with E-state index in [-0.39, 0.29) is 22.7 Å². The number of fused-ring (bicyclic) bond motifs is 3. The minimum atomic E-state index is -0.588. The summed E-state index contributed by atoms with van der Waals surface area (Å²) < 4.78 is 77.8. The molecule has 1 nitrogen and oxygen atoms in total. The highest BCUT2D eigenvalue weighted by atomic mass is 15.1. The molecule has 10 rings (SSSR count). The van der Waals surface area contributed by atoms with E-state index in [1.807, 2.05) is 30.3 Å². The van der Waals surface area contributed by atoms with Gasteiger partial charge in [-0.3, -0.25) is 0 Å². The van der Waals surface area contributed by atoms with Crippen LogP contribution in [0.25, 0.3) is 76.8 Å². The smallest absolute Gasteiger partial charge is 0.0629 e. The molecule has 1 heteroatoms. The number of benzene rings is 10. The molecule has 10 aromatic carbocycles. The van der Waals surface area contributed by atoms with Gasteiger partial charge in [0, 0.05) is 16.8 Å². The fraction of sp³-hybridized carbons (Fsp3) is 0. The first-order valence-corrected chi connectivity index (χ1v) is 18.2. The van der Waals surface area contributed by atoms with Crippen LogP contribution in [0.4, 0.5) is 17.1 Å². The minimum Gasteiger partial charge on any atom is -0.310 e. The Morgan fingerprint density at radius 2 is 0.836 bits per heavy atom. The summed E-state index contributed by atoms with van der Waals surface area (Å²) in [4.78, 5) is 2.26. The van der Waals surface area contributed by atoms with Crippen LogP contribution in [0.3, 0.4) is 0 Å². The molecule has 0 saturated carbocycles. The van der Waals surface area contributed by atoms with E-state index >= 15 is 0 Å². The van der Waals surface area contributed by atoms with Gasteiger partial charge in [-0.2, -0.15) is 0 Å². The lowest BCUT2D eigenvalue weighted by atomic mass is 9.90. The first-order chi connectivity index (χ1) is 31.0. The Morgan fingerprint density at radius 1 is 0.309 bits per heavy atom. The van der Waals surface area contributed by atoms with Crippen LogP contribution in [0.5, 0.6) is 0 Å². The molecule has 0 atom stereocenters. The highest BCUT2D eigenvalue weighted by Gasteiger charge is 2.17. The standard InChI is InChI=1S/C54H37N/c1-2-13-41(14-3-1)49-19-8-9-21-51(49)52-22-10-17-43-25-27-46(37-53(43)52)40-30-34-48(35-31-40)55(54-23-11-18-42-15-6-7-20-50(42)54)47-32-28-39(29-33-47)45-26-24-38-12-4-5-16-44(38)36-45/h1-37H/i1D,2D,3D,8D,9D,13D,14D,19D,21D. The maximum absolute atomic E-state index is 9.14. The van der Waals surface area contributed by atoms with Crippen molar-refractivity contribution in [1.82, 2.24) is 0 Å². The topological polar surface area (TPSA) is 3.24 Å². The molecular formula is C54H37N. The van der Waals surface area contributed by atoms with Crippen molar-refractivity contribution in [2.75, 3.05) is 4.90 Å². The van der Waals surface area contributed by atoms with E-state index in [0.29, 0.717) is 10.9 Å². The van der Waals surface area contributed by atoms with Crippen molar-refractivity contribution < 1.29 is 12.3 Å². The van der Waals surface area contributed by atoms with Gasteiger partial charge in [-0.05, 0) is 114 Å². The van der Waals surface area contributed by atoms with Crippen molar-refractivity contribution in [2.45, 2.75) is 0 Å². The van der Waals surface area contributed by atoms with Gasteiger partial charge in [0.15, 0.2) is 0 Å². The first-order valence-electron chi connectivity index (χ1n) is 22.7. The minimum absolute atomic E-state index is 0.0555. The summed E-state index contributed by atoms with van der Waals surface area (Å²) in [7, 11) is 0. The van der Waals surface area contributed by atoms with Gasteiger partial charge in [-0.1, -0.05) is 182 Å². The number of anilines is 3. The third-order valence-corrected chi connectivity index (χ3v) is 10.3. The van der Waals surface area contributed by atoms with Gasteiger partial charge in [0.25, 0.3) is 0 Å². The summed E-state index contributed by atoms with van der Waals surface area (Å²) in [6.07, 6.45) is 0. The summed E-state index contributed by atoms with van der Waals surface area (Å²) in [6, 6.07) is 53.1. The number of rotatable bonds is 7. The first kappa shape index (κ1) is 24.2. The molecule has 0 radical (unpaired) electrons. The lowest BCUT2D eigenvalue weighted by Crippen LogP contribution is -2.10. The molecule has 0 aliphatic heterocycles. The van der Waals surface area contributed by atoms with Crippen molar-refractivity contribution in [3.05, 3.63) is 224 Å². The fourth-order valence-electron chi connectivity index (χ4n) is 7.55. The summed E-state index contributed by atoms with van der Waals surface area (Å²) in [5.74, 6) is 0. The maximum Gasteiger partial charge on any atom is 0.0629 e. The average molecular weight is 709 g/mol. The van der Waals surface area contributed by atoms with E-state index in [1.54, 1.807) is 12.1 Å². The molecule has 0 unspecified atom stereocenters. The maximum atomic E-state index is 9.14. The van der Waals surface area contributed by atoms with Crippen LogP contribution in [-0.2, 0) is 0 Å². The Kier molecular flexibility index (Phi) is 6.14. The lowest BCUT2D eigenvalue weighted by molar-refractivity contribution is 1.30. The molecule has 0 aliphatic rings. The predicted molar refractivity (Wildman–Crippen MR) is 235 cm³/mol. The third-order valence-electron chi connectivity index (χ3n) is 10.3. The van der Waals surface area contributed by atoms with Crippen LogP contribution < -0.4 is 4.90 Å². The van der Waals surface area contributed by atoms with Crippen molar-refractivity contribution in [1.29, 1.82) is 0 Å². The second kappa shape index (κ2) is 14.0. The van der Waals surface area contributed by atoms with Gasteiger partial charge < -0.3 is 4.90 Å². The van der Waals surface area contributed by atoms with Crippen LogP contribution in [0.2, 0.25) is 0 Å². The fourth-order valence-corrected chi connectivity index (χ4v) is 7.55. The van der Waals surface area contributed by atoms with Gasteiger partial charge >= 0.3 is 0 Å². The van der Waals surface area contributed by atoms with Crippen LogP contribution in [0.15, 0.2) is 224 Å². The van der Waals surface area contributed by atoms with Gasteiger partial charge in [-0.15, -0.1) is 0 Å². The van der Waals surface area contributed by atoms with E-state index < -0.39 is 48.3 Å². The summed E-state index contributed by atoms with van der Waals surface area (Å²) >= 11 is 0. The molecule has 0 aromatic heterocycles. The second-order valence-electron chi connectivity index (χ2n) is 13.5. The Hall–Kier alpha value is -7.22. The summed E-state index contributed by atoms with van der Waals surface area (Å²) in [5.41, 5.74) is 7.06. The van der Waals surface area contributed by atoms with Crippen LogP contribution in [0.1, 0.15) is 12.3 Å². The summed E-state index contributed by atoms with van der Waals surface area (Å²) in [6.45, 7) is 0. The normalized spacial score (nSPS) is 13.6. The lowest BCUT2D eigenvalue weighted by Gasteiger charge is -2.27. The zero-order valence-corrected chi connectivity index (χ0v) is 29.6. The molecule has 0 amide bonds. The van der Waals surface area contributed by atoms with E-state index in [1.165, 1.54) is 10.8 Å². The molecular weight excluding hydrogens is 663 g/mol. The van der Waals surface area contributed by atoms with Gasteiger partial charge in [0.1, 0.15) is 0 Å². The average Bonchev–Trinajstić information content (AvgIpc) is 3.34. The van der Waals surface area contributed by atoms with E-state index in [9.17, 15) is 0 Å². The van der Waals surface area contributed by atoms with E-state index in [2.05, 4.69) is 132 Å². The van der Waals surface area contributed by atoms with Crippen molar-refractivity contribution in [2.24, 2.45) is 0 Å². The van der Waals surface area contributed by atoms with E-state index in [4.69, 9.17) is 12.3 Å². The summed E-state index contributed by atoms with van der Waals surface area (Å²) in [5, 5.41) is 6.09. The highest BCUT2D eigenvalue weighted by molar-refractivity contribution is 6.03. The van der Waals surface area contributed by atoms with E-state index in [0.717, 1.165) is 55.5 Å². The van der Waals surface area contributed by atoms with Crippen LogP contribution >= 0.6 is 0 Å². The molecule has 10 aromatic rings. The second-order valence-corrected chi connectivity index (χ2v) is 13.5. The Labute approximate surface area is 334 Å². The van der Waals surface area contributed by atoms with Gasteiger partial charge in [0.2, 0.25) is 0 Å². The zero-order valence-electron chi connectivity index (χ0n) is 38.6. The predicted octanol–water partition coefficient (Wildman–Crippen LogP) is 15.3. The van der Waals surface area contributed by atoms with Crippen LogP contribution in [-0.4, -0.2) is 0 Å². The monoisotopic (exact) mass is 708 g/mol. The van der Waals surface area contributed by atoms with Crippen molar-refractivity contribution in [3.63, 3.8) is 0 Å². The van der Waals surface area contributed by atoms with Crippen molar-refractivity contribution >= 4 is 49.4 Å². The van der Waals surface area contributed by atoms with Gasteiger partial charge in [-0.25, -0.2) is 0 Å². The molecule has 0 spiro atoms. The molecule has 0 N–H and O–H groups in total. The molecule has 55 heavy (non-hydrogen) atoms. The number of hydrogen-bond acceptors (Lipinski definition) is 1. The van der Waals surface area contributed by atoms with Gasteiger partial charge in [0.05, 0.1) is 18.0 Å². The third kappa shape index (κ3) is 6.12. The Balaban J connectivity index is 1.09. The molecule has 0 saturated heterocycles. The Morgan fingerprint density at radius 3 is 1.56 bits per heavy atom. The largest absolute Gasteiger partial charge is 0.310 e. The molecule has 0 heterocycles. The number of nitrogens with zero attached hydrogens (tertiary/aromatic N) is 1. The number of hydrogen-bond donors (Lipinski definition) is 0. The quantitative estimate of drug-likeness (QED) is 0.159. The molecule has 0 aliphatic carbocycles. The SMILES string of the molecule is [2H]c1c([2H])c([2H])c(-c2c([2H])c([2H])c([2H])c([2H])c2-c2cccc3ccc(-c4ccc(N(c5ccc(-c6ccc7ccccc7c6)cc5)c5cccc6ccccc56)cc4)cc23)c([2H])c1[2H]. The van der Waals surface area contributed by atoms with Crippen molar-refractivity contribution in [3.8, 4) is 44.5 Å². The molecule has 0 bridgehead atoms. The molecule has 0 fully saturated rings. The molecule has 258 valence electrons. The highest BCUT2D eigenvalue weighted by Crippen LogP contribution is 2.42. The van der Waals surface area contributed by atoms with Crippen LogP contribution in [0, 0.1) is 0 Å². The Bertz CT molecular complexity index is 3460. The zero-order chi connectivity index (χ0) is 44.4.